The molecule has 0 atom stereocenters. The van der Waals surface area contributed by atoms with E-state index in [0.29, 0.717) is 23.6 Å². The number of amides is 2. The Balaban J connectivity index is 1.38. The molecule has 7 nitrogen and oxygen atoms in total. The van der Waals surface area contributed by atoms with E-state index in [4.69, 9.17) is 4.42 Å². The van der Waals surface area contributed by atoms with Gasteiger partial charge in [-0.2, -0.15) is 0 Å². The van der Waals surface area contributed by atoms with Crippen molar-refractivity contribution in [3.63, 3.8) is 0 Å². The van der Waals surface area contributed by atoms with Gasteiger partial charge in [0.05, 0.1) is 41.4 Å². The number of aryl methyl sites for hydroxylation is 1. The van der Waals surface area contributed by atoms with E-state index in [-0.39, 0.29) is 24.8 Å². The summed E-state index contributed by atoms with van der Waals surface area (Å²) < 4.78 is 7.16. The SMILES string of the molecule is O=C(CCn1cnc2ccccc21)Nc1ccccc1C(=O)NCc1ccco1. The molecule has 146 valence electrons. The normalized spacial score (nSPS) is 10.8. The van der Waals surface area contributed by atoms with Crippen LogP contribution >= 0.6 is 0 Å². The second-order valence-corrected chi connectivity index (χ2v) is 6.53. The van der Waals surface area contributed by atoms with Gasteiger partial charge in [0.2, 0.25) is 5.91 Å². The predicted octanol–water partition coefficient (Wildman–Crippen LogP) is 3.59. The lowest BCUT2D eigenvalue weighted by atomic mass is 10.1. The van der Waals surface area contributed by atoms with Gasteiger partial charge in [0.15, 0.2) is 0 Å². The average Bonchev–Trinajstić information content (AvgIpc) is 3.41. The molecule has 0 unspecified atom stereocenters. The Bertz CT molecular complexity index is 1130. The Morgan fingerprint density at radius 2 is 1.83 bits per heavy atom. The zero-order valence-corrected chi connectivity index (χ0v) is 15.7. The number of nitrogens with one attached hydrogen (secondary N) is 2. The van der Waals surface area contributed by atoms with Crippen molar-refractivity contribution < 1.29 is 14.0 Å². The number of furan rings is 1. The molecular weight excluding hydrogens is 368 g/mol. The van der Waals surface area contributed by atoms with Crippen LogP contribution in [-0.2, 0) is 17.9 Å². The molecule has 0 spiro atoms. The van der Waals surface area contributed by atoms with Gasteiger partial charge in [0.1, 0.15) is 5.76 Å². The lowest BCUT2D eigenvalue weighted by Gasteiger charge is -2.11. The lowest BCUT2D eigenvalue weighted by Crippen LogP contribution is -2.24. The fraction of sp³-hybridized carbons (Fsp3) is 0.136. The van der Waals surface area contributed by atoms with Crippen molar-refractivity contribution in [1.82, 2.24) is 14.9 Å². The van der Waals surface area contributed by atoms with Gasteiger partial charge in [-0.25, -0.2) is 4.98 Å². The minimum atomic E-state index is -0.280. The second kappa shape index (κ2) is 8.43. The third kappa shape index (κ3) is 4.35. The molecule has 0 aliphatic heterocycles. The first-order valence-corrected chi connectivity index (χ1v) is 9.30. The van der Waals surface area contributed by atoms with Crippen molar-refractivity contribution in [3.05, 3.63) is 84.6 Å². The highest BCUT2D eigenvalue weighted by molar-refractivity contribution is 6.03. The van der Waals surface area contributed by atoms with Crippen LogP contribution in [0.3, 0.4) is 0 Å². The van der Waals surface area contributed by atoms with Crippen LogP contribution in [0.1, 0.15) is 22.5 Å². The number of fused-ring (bicyclic) bond motifs is 1. The molecule has 4 aromatic rings. The minimum Gasteiger partial charge on any atom is -0.467 e. The topological polar surface area (TPSA) is 89.2 Å². The first kappa shape index (κ1) is 18.5. The molecule has 4 rings (SSSR count). The molecular formula is C22H20N4O3. The number of anilines is 1. The first-order valence-electron chi connectivity index (χ1n) is 9.30. The molecule has 0 radical (unpaired) electrons. The summed E-state index contributed by atoms with van der Waals surface area (Å²) in [6.45, 7) is 0.779. The van der Waals surface area contributed by atoms with E-state index in [0.717, 1.165) is 11.0 Å². The Kier molecular flexibility index (Phi) is 5.38. The van der Waals surface area contributed by atoms with Crippen LogP contribution in [0.2, 0.25) is 0 Å². The van der Waals surface area contributed by atoms with Gasteiger partial charge in [0, 0.05) is 13.0 Å². The second-order valence-electron chi connectivity index (χ2n) is 6.53. The van der Waals surface area contributed by atoms with Crippen molar-refractivity contribution in [2.24, 2.45) is 0 Å². The fourth-order valence-corrected chi connectivity index (χ4v) is 3.09. The smallest absolute Gasteiger partial charge is 0.253 e. The molecule has 29 heavy (non-hydrogen) atoms. The van der Waals surface area contributed by atoms with E-state index in [1.165, 1.54) is 0 Å². The van der Waals surface area contributed by atoms with Crippen LogP contribution in [0, 0.1) is 0 Å². The van der Waals surface area contributed by atoms with Crippen molar-refractivity contribution in [2.45, 2.75) is 19.5 Å². The molecule has 0 fully saturated rings. The number of benzene rings is 2. The molecule has 2 heterocycles. The quantitative estimate of drug-likeness (QED) is 0.506. The minimum absolute atomic E-state index is 0.172. The molecule has 0 bridgehead atoms. The average molecular weight is 388 g/mol. The summed E-state index contributed by atoms with van der Waals surface area (Å²) in [5, 5.41) is 5.63. The standard InChI is InChI=1S/C22H20N4O3/c27-21(11-12-26-15-24-19-9-3-4-10-20(19)26)25-18-8-2-1-7-17(18)22(28)23-14-16-6-5-13-29-16/h1-10,13,15H,11-12,14H2,(H,23,28)(H,25,27). The number of rotatable bonds is 7. The molecule has 0 saturated carbocycles. The number of hydrogen-bond donors (Lipinski definition) is 2. The van der Waals surface area contributed by atoms with Gasteiger partial charge in [0.25, 0.3) is 5.91 Å². The first-order chi connectivity index (χ1) is 14.2. The Labute approximate surface area is 167 Å². The maximum Gasteiger partial charge on any atom is 0.253 e. The van der Waals surface area contributed by atoms with E-state index in [9.17, 15) is 9.59 Å². The van der Waals surface area contributed by atoms with Crippen molar-refractivity contribution in [1.29, 1.82) is 0 Å². The van der Waals surface area contributed by atoms with E-state index >= 15 is 0 Å². The third-order valence-electron chi connectivity index (χ3n) is 4.56. The number of hydrogen-bond acceptors (Lipinski definition) is 4. The maximum absolute atomic E-state index is 12.5. The van der Waals surface area contributed by atoms with Gasteiger partial charge >= 0.3 is 0 Å². The Morgan fingerprint density at radius 3 is 2.69 bits per heavy atom. The third-order valence-corrected chi connectivity index (χ3v) is 4.56. The van der Waals surface area contributed by atoms with E-state index in [1.807, 2.05) is 28.8 Å². The van der Waals surface area contributed by atoms with Crippen LogP contribution in [0.25, 0.3) is 11.0 Å². The predicted molar refractivity (Wildman–Crippen MR) is 109 cm³/mol. The number of carbonyl (C=O) groups is 2. The summed E-state index contributed by atoms with van der Waals surface area (Å²) in [7, 11) is 0. The number of imidazole rings is 1. The number of carbonyl (C=O) groups excluding carboxylic acids is 2. The van der Waals surface area contributed by atoms with Crippen LogP contribution in [0.4, 0.5) is 5.69 Å². The van der Waals surface area contributed by atoms with Crippen LogP contribution in [-0.4, -0.2) is 21.4 Å². The zero-order chi connectivity index (χ0) is 20.1. The van der Waals surface area contributed by atoms with Gasteiger partial charge < -0.3 is 19.6 Å². The number of nitrogens with zero attached hydrogens (tertiary/aromatic N) is 2. The zero-order valence-electron chi connectivity index (χ0n) is 15.7. The monoisotopic (exact) mass is 388 g/mol. The summed E-state index contributed by atoms with van der Waals surface area (Å²) in [4.78, 5) is 29.3. The van der Waals surface area contributed by atoms with Crippen molar-refractivity contribution in [3.8, 4) is 0 Å². The molecule has 2 amide bonds. The van der Waals surface area contributed by atoms with Gasteiger partial charge in [-0.1, -0.05) is 24.3 Å². The molecule has 0 aliphatic rings. The molecule has 2 aromatic carbocycles. The van der Waals surface area contributed by atoms with E-state index in [2.05, 4.69) is 15.6 Å². The van der Waals surface area contributed by atoms with Gasteiger partial charge in [-0.3, -0.25) is 9.59 Å². The van der Waals surface area contributed by atoms with E-state index in [1.54, 1.807) is 49.0 Å². The summed E-state index contributed by atoms with van der Waals surface area (Å²) in [5.74, 6) is 0.208. The number of aromatic nitrogens is 2. The Hall–Kier alpha value is -3.87. The molecule has 0 aliphatic carbocycles. The van der Waals surface area contributed by atoms with Gasteiger partial charge in [-0.15, -0.1) is 0 Å². The summed E-state index contributed by atoms with van der Waals surface area (Å²) >= 11 is 0. The molecule has 0 saturated heterocycles. The maximum atomic E-state index is 12.5. The largest absolute Gasteiger partial charge is 0.467 e. The van der Waals surface area contributed by atoms with Gasteiger partial charge in [-0.05, 0) is 36.4 Å². The lowest BCUT2D eigenvalue weighted by molar-refractivity contribution is -0.116. The molecule has 7 heteroatoms. The Morgan fingerprint density at radius 1 is 1.00 bits per heavy atom. The fourth-order valence-electron chi connectivity index (χ4n) is 3.09. The number of para-hydroxylation sites is 3. The summed E-state index contributed by atoms with van der Waals surface area (Å²) in [6.07, 6.45) is 3.55. The molecule has 2 aromatic heterocycles. The highest BCUT2D eigenvalue weighted by Crippen LogP contribution is 2.17. The van der Waals surface area contributed by atoms with E-state index < -0.39 is 0 Å². The highest BCUT2D eigenvalue weighted by Gasteiger charge is 2.13. The van der Waals surface area contributed by atoms with Crippen LogP contribution < -0.4 is 10.6 Å². The van der Waals surface area contributed by atoms with Crippen LogP contribution in [0.5, 0.6) is 0 Å². The molecule has 2 N–H and O–H groups in total. The summed E-state index contributed by atoms with van der Waals surface area (Å²) in [6, 6.07) is 18.3. The summed E-state index contributed by atoms with van der Waals surface area (Å²) in [5.41, 5.74) is 2.76. The highest BCUT2D eigenvalue weighted by atomic mass is 16.3. The van der Waals surface area contributed by atoms with Crippen molar-refractivity contribution in [2.75, 3.05) is 5.32 Å². The van der Waals surface area contributed by atoms with Crippen molar-refractivity contribution >= 4 is 28.5 Å². The van der Waals surface area contributed by atoms with Crippen LogP contribution in [0.15, 0.2) is 77.7 Å².